The van der Waals surface area contributed by atoms with Gasteiger partial charge in [0.25, 0.3) is 0 Å². The molecule has 0 spiro atoms. The van der Waals surface area contributed by atoms with Gasteiger partial charge in [-0.25, -0.2) is 8.42 Å². The van der Waals surface area contributed by atoms with E-state index in [0.717, 1.165) is 25.9 Å². The molecule has 0 aromatic carbocycles. The Morgan fingerprint density at radius 2 is 1.95 bits per heavy atom. The Hall–Kier alpha value is -0.130. The van der Waals surface area contributed by atoms with Crippen LogP contribution in [0.3, 0.4) is 0 Å². The van der Waals surface area contributed by atoms with Crippen LogP contribution in [-0.2, 0) is 14.8 Å². The van der Waals surface area contributed by atoms with Crippen LogP contribution in [0.2, 0.25) is 0 Å². The third kappa shape index (κ3) is 2.69. The number of hydrogen-bond acceptors (Lipinski definition) is 3. The predicted molar refractivity (Wildman–Crippen MR) is 74.4 cm³/mol. The van der Waals surface area contributed by atoms with Gasteiger partial charge < -0.3 is 4.74 Å². The van der Waals surface area contributed by atoms with Crippen molar-refractivity contribution in [3.63, 3.8) is 0 Å². The van der Waals surface area contributed by atoms with Gasteiger partial charge in [0.15, 0.2) is 0 Å². The lowest BCUT2D eigenvalue weighted by atomic mass is 9.75. The second-order valence-electron chi connectivity index (χ2n) is 7.08. The van der Waals surface area contributed by atoms with Gasteiger partial charge in [0.05, 0.1) is 11.9 Å². The minimum Gasteiger partial charge on any atom is -0.377 e. The normalized spacial score (nSPS) is 35.9. The van der Waals surface area contributed by atoms with Crippen LogP contribution in [0, 0.1) is 11.3 Å². The zero-order valence-corrected chi connectivity index (χ0v) is 12.8. The lowest BCUT2D eigenvalue weighted by Gasteiger charge is -2.54. The van der Waals surface area contributed by atoms with Crippen molar-refractivity contribution in [2.24, 2.45) is 11.3 Å². The van der Waals surface area contributed by atoms with Crippen LogP contribution in [-0.4, -0.2) is 43.8 Å². The summed E-state index contributed by atoms with van der Waals surface area (Å²) in [5.41, 5.74) is 0.154. The Kier molecular flexibility index (Phi) is 3.43. The van der Waals surface area contributed by atoms with Crippen molar-refractivity contribution in [3.05, 3.63) is 0 Å². The topological polar surface area (TPSA) is 46.6 Å². The van der Waals surface area contributed by atoms with E-state index in [9.17, 15) is 8.42 Å². The fourth-order valence-corrected chi connectivity index (χ4v) is 5.95. The summed E-state index contributed by atoms with van der Waals surface area (Å²) in [6.07, 6.45) is 5.36. The molecule has 0 amide bonds. The predicted octanol–water partition coefficient (Wildman–Crippen LogP) is 2.01. The number of rotatable bonds is 4. The van der Waals surface area contributed by atoms with Gasteiger partial charge in [0.1, 0.15) is 0 Å². The van der Waals surface area contributed by atoms with E-state index in [-0.39, 0.29) is 23.3 Å². The monoisotopic (exact) mass is 287 g/mol. The summed E-state index contributed by atoms with van der Waals surface area (Å²) in [6.45, 7) is 5.79. The van der Waals surface area contributed by atoms with Crippen molar-refractivity contribution >= 4 is 10.0 Å². The highest BCUT2D eigenvalue weighted by atomic mass is 32.2. The highest BCUT2D eigenvalue weighted by Gasteiger charge is 2.56. The molecule has 3 rings (SSSR count). The first kappa shape index (κ1) is 13.8. The van der Waals surface area contributed by atoms with Crippen LogP contribution < -0.4 is 0 Å². The van der Waals surface area contributed by atoms with Gasteiger partial charge in [0, 0.05) is 19.2 Å². The molecule has 2 unspecified atom stereocenters. The van der Waals surface area contributed by atoms with Crippen molar-refractivity contribution in [2.45, 2.75) is 58.1 Å². The van der Waals surface area contributed by atoms with Gasteiger partial charge in [-0.3, -0.25) is 0 Å². The minimum absolute atomic E-state index is 0.0812. The molecule has 4 nitrogen and oxygen atoms in total. The first-order valence-electron chi connectivity index (χ1n) is 7.51. The molecule has 0 bridgehead atoms. The fraction of sp³-hybridized carbons (Fsp3) is 1.00. The van der Waals surface area contributed by atoms with Crippen molar-refractivity contribution in [2.75, 3.05) is 18.9 Å². The molecule has 0 N–H and O–H groups in total. The Morgan fingerprint density at radius 3 is 2.47 bits per heavy atom. The largest absolute Gasteiger partial charge is 0.377 e. The molecule has 110 valence electrons. The maximum Gasteiger partial charge on any atom is 0.216 e. The molecule has 0 aromatic heterocycles. The number of hydrogen-bond donors (Lipinski definition) is 0. The van der Waals surface area contributed by atoms with Gasteiger partial charge in [-0.15, -0.1) is 0 Å². The average molecular weight is 287 g/mol. The number of ether oxygens (including phenoxy) is 1. The van der Waals surface area contributed by atoms with Gasteiger partial charge in [0.2, 0.25) is 10.0 Å². The SMILES string of the molecule is CC1(C)CN(S(=O)(=O)CC2CCCCO2)C1C1CC1. The van der Waals surface area contributed by atoms with E-state index in [1.165, 1.54) is 12.8 Å². The van der Waals surface area contributed by atoms with Crippen LogP contribution in [0.1, 0.15) is 46.0 Å². The minimum atomic E-state index is -3.14. The van der Waals surface area contributed by atoms with E-state index in [1.54, 1.807) is 4.31 Å². The van der Waals surface area contributed by atoms with E-state index in [2.05, 4.69) is 13.8 Å². The van der Waals surface area contributed by atoms with E-state index >= 15 is 0 Å². The van der Waals surface area contributed by atoms with Gasteiger partial charge in [-0.2, -0.15) is 4.31 Å². The molecule has 0 radical (unpaired) electrons. The zero-order chi connectivity index (χ0) is 13.7. The molecule has 3 aliphatic rings. The Balaban J connectivity index is 1.66. The maximum atomic E-state index is 12.6. The summed E-state index contributed by atoms with van der Waals surface area (Å²) in [7, 11) is -3.14. The highest BCUT2D eigenvalue weighted by molar-refractivity contribution is 7.89. The average Bonchev–Trinajstić information content (AvgIpc) is 3.11. The van der Waals surface area contributed by atoms with Crippen molar-refractivity contribution in [1.29, 1.82) is 0 Å². The first-order chi connectivity index (χ1) is 8.90. The number of sulfonamides is 1. The van der Waals surface area contributed by atoms with Crippen molar-refractivity contribution in [3.8, 4) is 0 Å². The fourth-order valence-electron chi connectivity index (χ4n) is 3.70. The second-order valence-corrected chi connectivity index (χ2v) is 9.05. The van der Waals surface area contributed by atoms with E-state index < -0.39 is 10.0 Å². The Bertz CT molecular complexity index is 436. The standard InChI is InChI=1S/C14H25NO3S/c1-14(2)10-15(13(14)11-6-7-11)19(16,17)9-12-5-3-4-8-18-12/h11-13H,3-10H2,1-2H3. The molecule has 19 heavy (non-hydrogen) atoms. The van der Waals surface area contributed by atoms with Crippen molar-refractivity contribution in [1.82, 2.24) is 4.31 Å². The third-order valence-electron chi connectivity index (χ3n) is 4.77. The van der Waals surface area contributed by atoms with E-state index in [1.807, 2.05) is 0 Å². The molecule has 2 heterocycles. The zero-order valence-electron chi connectivity index (χ0n) is 12.0. The van der Waals surface area contributed by atoms with Crippen LogP contribution in [0.15, 0.2) is 0 Å². The van der Waals surface area contributed by atoms with Crippen LogP contribution in [0.4, 0.5) is 0 Å². The van der Waals surface area contributed by atoms with Gasteiger partial charge in [-0.1, -0.05) is 13.8 Å². The first-order valence-corrected chi connectivity index (χ1v) is 9.12. The van der Waals surface area contributed by atoms with Crippen LogP contribution in [0.25, 0.3) is 0 Å². The van der Waals surface area contributed by atoms with Crippen LogP contribution in [0.5, 0.6) is 0 Å². The summed E-state index contributed by atoms with van der Waals surface area (Å²) in [4.78, 5) is 0. The molecular formula is C14H25NO3S. The second kappa shape index (κ2) is 4.71. The Morgan fingerprint density at radius 1 is 1.21 bits per heavy atom. The van der Waals surface area contributed by atoms with Crippen LogP contribution >= 0.6 is 0 Å². The molecule has 2 aliphatic heterocycles. The van der Waals surface area contributed by atoms with Crippen molar-refractivity contribution < 1.29 is 13.2 Å². The summed E-state index contributed by atoms with van der Waals surface area (Å²) < 4.78 is 32.5. The lowest BCUT2D eigenvalue weighted by Crippen LogP contribution is -2.65. The molecule has 1 saturated carbocycles. The van der Waals surface area contributed by atoms with E-state index in [4.69, 9.17) is 4.74 Å². The molecule has 1 aliphatic carbocycles. The quantitative estimate of drug-likeness (QED) is 0.794. The molecular weight excluding hydrogens is 262 g/mol. The molecule has 3 fully saturated rings. The van der Waals surface area contributed by atoms with Gasteiger partial charge in [-0.05, 0) is 43.4 Å². The van der Waals surface area contributed by atoms with E-state index in [0.29, 0.717) is 12.5 Å². The molecule has 0 aromatic rings. The smallest absolute Gasteiger partial charge is 0.216 e. The van der Waals surface area contributed by atoms with Gasteiger partial charge >= 0.3 is 0 Å². The molecule has 2 atom stereocenters. The third-order valence-corrected chi connectivity index (χ3v) is 6.63. The summed E-state index contributed by atoms with van der Waals surface area (Å²) in [5.74, 6) is 0.789. The Labute approximate surface area is 116 Å². The lowest BCUT2D eigenvalue weighted by molar-refractivity contribution is 0.000643. The summed E-state index contributed by atoms with van der Waals surface area (Å²) in [6, 6.07) is 0.237. The summed E-state index contributed by atoms with van der Waals surface area (Å²) in [5, 5.41) is 0. The number of nitrogens with zero attached hydrogens (tertiary/aromatic N) is 1. The highest BCUT2D eigenvalue weighted by Crippen LogP contribution is 2.51. The molecule has 5 heteroatoms. The molecule has 2 saturated heterocycles. The summed E-state index contributed by atoms with van der Waals surface area (Å²) >= 11 is 0. The maximum absolute atomic E-state index is 12.6.